The molecule has 168 valence electrons. The average molecular weight is 462 g/mol. The number of halogens is 1. The maximum atomic E-state index is 11.8. The van der Waals surface area contributed by atoms with E-state index in [-0.39, 0.29) is 11.9 Å². The summed E-state index contributed by atoms with van der Waals surface area (Å²) in [7, 11) is 0. The predicted molar refractivity (Wildman–Crippen MR) is 131 cm³/mol. The molecule has 1 N–H and O–H groups in total. The van der Waals surface area contributed by atoms with E-state index in [1.54, 1.807) is 19.4 Å². The highest BCUT2D eigenvalue weighted by molar-refractivity contribution is 6.35. The number of pyridine rings is 2. The van der Waals surface area contributed by atoms with Crippen molar-refractivity contribution in [1.82, 2.24) is 24.8 Å². The van der Waals surface area contributed by atoms with Crippen molar-refractivity contribution in [3.63, 3.8) is 0 Å². The highest BCUT2D eigenvalue weighted by Gasteiger charge is 2.25. The van der Waals surface area contributed by atoms with Crippen LogP contribution in [0.5, 0.6) is 0 Å². The molecule has 8 nitrogen and oxygen atoms in total. The minimum Gasteiger partial charge on any atom is -0.361 e. The molecule has 0 saturated carbocycles. The van der Waals surface area contributed by atoms with Gasteiger partial charge in [-0.05, 0) is 31.2 Å². The normalized spacial score (nSPS) is 15.1. The van der Waals surface area contributed by atoms with Gasteiger partial charge >= 0.3 is 0 Å². The first kappa shape index (κ1) is 21.3. The third kappa shape index (κ3) is 4.14. The van der Waals surface area contributed by atoms with Gasteiger partial charge in [-0.1, -0.05) is 23.7 Å². The zero-order valence-corrected chi connectivity index (χ0v) is 19.3. The van der Waals surface area contributed by atoms with E-state index in [9.17, 15) is 4.79 Å². The Balaban J connectivity index is 1.54. The van der Waals surface area contributed by atoms with Gasteiger partial charge in [0.05, 0.1) is 22.1 Å². The molecule has 5 rings (SSSR count). The molecule has 3 aromatic heterocycles. The molecule has 1 amide bonds. The molecule has 4 aromatic rings. The largest absolute Gasteiger partial charge is 0.361 e. The third-order valence-corrected chi connectivity index (χ3v) is 6.35. The van der Waals surface area contributed by atoms with E-state index in [1.807, 2.05) is 35.2 Å². The summed E-state index contributed by atoms with van der Waals surface area (Å²) in [6.45, 7) is 6.44. The van der Waals surface area contributed by atoms with Crippen LogP contribution < -0.4 is 10.2 Å². The van der Waals surface area contributed by atoms with Crippen LogP contribution in [-0.4, -0.2) is 56.9 Å². The third-order valence-electron chi connectivity index (χ3n) is 6.04. The lowest BCUT2D eigenvalue weighted by Crippen LogP contribution is -2.48. The highest BCUT2D eigenvalue weighted by Crippen LogP contribution is 2.34. The van der Waals surface area contributed by atoms with Crippen molar-refractivity contribution < 1.29 is 4.79 Å². The van der Waals surface area contributed by atoms with Crippen LogP contribution in [0.25, 0.3) is 21.9 Å². The van der Waals surface area contributed by atoms with Crippen LogP contribution in [0.4, 0.5) is 11.6 Å². The Kier molecular flexibility index (Phi) is 5.68. The molecule has 0 spiro atoms. The van der Waals surface area contributed by atoms with Crippen molar-refractivity contribution in [2.75, 3.05) is 36.4 Å². The zero-order valence-electron chi connectivity index (χ0n) is 18.5. The first-order chi connectivity index (χ1) is 16.0. The van der Waals surface area contributed by atoms with Crippen LogP contribution in [0.1, 0.15) is 25.5 Å². The van der Waals surface area contributed by atoms with Gasteiger partial charge in [-0.2, -0.15) is 0 Å². The molecule has 9 heteroatoms. The molecule has 1 aliphatic heterocycles. The summed E-state index contributed by atoms with van der Waals surface area (Å²) in [5, 5.41) is 5.10. The summed E-state index contributed by atoms with van der Waals surface area (Å²) in [4.78, 5) is 34.1. The van der Waals surface area contributed by atoms with E-state index in [2.05, 4.69) is 38.2 Å². The van der Waals surface area contributed by atoms with Gasteiger partial charge in [0.1, 0.15) is 17.7 Å². The fourth-order valence-electron chi connectivity index (χ4n) is 4.26. The first-order valence-electron chi connectivity index (χ1n) is 10.9. The molecule has 1 atom stereocenters. The molecule has 0 unspecified atom stereocenters. The van der Waals surface area contributed by atoms with Crippen LogP contribution in [0, 0.1) is 0 Å². The van der Waals surface area contributed by atoms with Crippen molar-refractivity contribution in [1.29, 1.82) is 0 Å². The summed E-state index contributed by atoms with van der Waals surface area (Å²) < 4.78 is 0. The molecule has 1 fully saturated rings. The van der Waals surface area contributed by atoms with Crippen molar-refractivity contribution in [3.8, 4) is 0 Å². The molecule has 1 aromatic carbocycles. The molecule has 4 heterocycles. The zero-order chi connectivity index (χ0) is 22.9. The van der Waals surface area contributed by atoms with Gasteiger partial charge in [0.15, 0.2) is 5.82 Å². The molecular weight excluding hydrogens is 438 g/mol. The standard InChI is InChI=1S/C24H24ClN7O/c1-15(29-23-22-20(27-14-28-23)7-4-8-26-22)18-13-17-5-3-6-19(25)21(17)30-24(18)32-11-9-31(10-12-32)16(2)33/h3-8,13-15H,9-12H2,1-2H3,(H,27,28,29)/t15-/m0/s1. The second-order valence-corrected chi connectivity index (χ2v) is 8.57. The number of carbonyl (C=O) groups is 1. The van der Waals surface area contributed by atoms with Gasteiger partial charge in [-0.3, -0.25) is 9.78 Å². The molecule has 1 aliphatic rings. The van der Waals surface area contributed by atoms with Gasteiger partial charge < -0.3 is 15.1 Å². The van der Waals surface area contributed by atoms with Crippen molar-refractivity contribution in [3.05, 3.63) is 59.5 Å². The number of hydrogen-bond donors (Lipinski definition) is 1. The average Bonchev–Trinajstić information content (AvgIpc) is 2.84. The van der Waals surface area contributed by atoms with Crippen LogP contribution in [0.2, 0.25) is 5.02 Å². The fourth-order valence-corrected chi connectivity index (χ4v) is 4.48. The van der Waals surface area contributed by atoms with Crippen molar-refractivity contribution in [2.24, 2.45) is 0 Å². The minimum absolute atomic E-state index is 0.0996. The van der Waals surface area contributed by atoms with E-state index >= 15 is 0 Å². The van der Waals surface area contributed by atoms with E-state index < -0.39 is 0 Å². The number of piperazine rings is 1. The van der Waals surface area contributed by atoms with Gasteiger partial charge in [-0.15, -0.1) is 0 Å². The fraction of sp³-hybridized carbons (Fsp3) is 0.292. The minimum atomic E-state index is -0.109. The van der Waals surface area contributed by atoms with Gasteiger partial charge in [0, 0.05) is 50.2 Å². The molecule has 1 saturated heterocycles. The number of rotatable bonds is 4. The van der Waals surface area contributed by atoms with Crippen LogP contribution in [0.15, 0.2) is 48.9 Å². The number of aromatic nitrogens is 4. The predicted octanol–water partition coefficient (Wildman–Crippen LogP) is 4.07. The van der Waals surface area contributed by atoms with E-state index in [0.29, 0.717) is 37.0 Å². The Morgan fingerprint density at radius 1 is 1.06 bits per heavy atom. The summed E-state index contributed by atoms with van der Waals surface area (Å²) in [5.41, 5.74) is 3.31. The smallest absolute Gasteiger partial charge is 0.219 e. The van der Waals surface area contributed by atoms with Crippen molar-refractivity contribution >= 4 is 51.1 Å². The van der Waals surface area contributed by atoms with Crippen LogP contribution in [-0.2, 0) is 4.79 Å². The molecule has 0 aliphatic carbocycles. The maximum absolute atomic E-state index is 11.8. The number of nitrogens with one attached hydrogen (secondary N) is 1. The summed E-state index contributed by atoms with van der Waals surface area (Å²) in [6, 6.07) is 11.6. The monoisotopic (exact) mass is 461 g/mol. The van der Waals surface area contributed by atoms with Crippen LogP contribution >= 0.6 is 11.6 Å². The number of fused-ring (bicyclic) bond motifs is 2. The maximum Gasteiger partial charge on any atom is 0.219 e. The van der Waals surface area contributed by atoms with Crippen molar-refractivity contribution in [2.45, 2.75) is 19.9 Å². The van der Waals surface area contributed by atoms with Gasteiger partial charge in [-0.25, -0.2) is 15.0 Å². The van der Waals surface area contributed by atoms with E-state index in [0.717, 1.165) is 33.3 Å². The second kappa shape index (κ2) is 8.78. The number of anilines is 2. The quantitative estimate of drug-likeness (QED) is 0.490. The molecular formula is C24H24ClN7O. The molecule has 0 radical (unpaired) electrons. The Bertz CT molecular complexity index is 1330. The number of nitrogens with zero attached hydrogens (tertiary/aromatic N) is 6. The molecule has 0 bridgehead atoms. The number of para-hydroxylation sites is 1. The lowest BCUT2D eigenvalue weighted by Gasteiger charge is -2.36. The summed E-state index contributed by atoms with van der Waals surface area (Å²) >= 11 is 6.48. The van der Waals surface area contributed by atoms with E-state index in [1.165, 1.54) is 0 Å². The Hall–Kier alpha value is -3.52. The number of benzene rings is 1. The van der Waals surface area contributed by atoms with Gasteiger partial charge in [0.2, 0.25) is 5.91 Å². The number of carbonyl (C=O) groups excluding carboxylic acids is 1. The number of hydrogen-bond acceptors (Lipinski definition) is 7. The summed E-state index contributed by atoms with van der Waals surface area (Å²) in [5.74, 6) is 1.64. The second-order valence-electron chi connectivity index (χ2n) is 8.17. The lowest BCUT2D eigenvalue weighted by atomic mass is 10.0. The number of amides is 1. The highest BCUT2D eigenvalue weighted by atomic mass is 35.5. The SMILES string of the molecule is CC(=O)N1CCN(c2nc3c(Cl)cccc3cc2[C@H](C)Nc2ncnc3cccnc23)CC1. The Morgan fingerprint density at radius 3 is 2.67 bits per heavy atom. The molecule has 33 heavy (non-hydrogen) atoms. The summed E-state index contributed by atoms with van der Waals surface area (Å²) in [6.07, 6.45) is 3.28. The van der Waals surface area contributed by atoms with Gasteiger partial charge in [0.25, 0.3) is 0 Å². The van der Waals surface area contributed by atoms with Crippen LogP contribution in [0.3, 0.4) is 0 Å². The van der Waals surface area contributed by atoms with E-state index in [4.69, 9.17) is 16.6 Å². The first-order valence-corrected chi connectivity index (χ1v) is 11.3. The Labute approximate surface area is 196 Å². The Morgan fingerprint density at radius 2 is 1.88 bits per heavy atom. The topological polar surface area (TPSA) is 87.1 Å². The lowest BCUT2D eigenvalue weighted by molar-refractivity contribution is -0.129.